The second-order valence-corrected chi connectivity index (χ2v) is 8.26. The van der Waals surface area contributed by atoms with Gasteiger partial charge in [-0.3, -0.25) is 0 Å². The Bertz CT molecular complexity index is 915. The van der Waals surface area contributed by atoms with Crippen LogP contribution in [0.5, 0.6) is 0 Å². The van der Waals surface area contributed by atoms with Gasteiger partial charge in [-0.25, -0.2) is 4.79 Å². The quantitative estimate of drug-likeness (QED) is 0.157. The molecule has 3 aromatic carbocycles. The summed E-state index contributed by atoms with van der Waals surface area (Å²) in [7, 11) is 0. The van der Waals surface area contributed by atoms with Crippen molar-refractivity contribution in [2.45, 2.75) is 23.1 Å². The summed E-state index contributed by atoms with van der Waals surface area (Å²) in [5, 5.41) is 4.07. The van der Waals surface area contributed by atoms with Gasteiger partial charge in [-0.2, -0.15) is 0 Å². The number of nitrogens with zero attached hydrogens (tertiary/aromatic N) is 1. The fraction of sp³-hybridized carbons (Fsp3) is 0.200. The molecule has 0 aliphatic carbocycles. The Morgan fingerprint density at radius 1 is 0.903 bits per heavy atom. The van der Waals surface area contributed by atoms with Crippen molar-refractivity contribution in [3.63, 3.8) is 0 Å². The normalized spacial score (nSPS) is 18.7. The van der Waals surface area contributed by atoms with Crippen LogP contribution in [0, 0.1) is 0 Å². The summed E-state index contributed by atoms with van der Waals surface area (Å²) in [6.45, 7) is 0.542. The lowest BCUT2D eigenvalue weighted by Crippen LogP contribution is -2.31. The minimum absolute atomic E-state index is 0.0252. The van der Waals surface area contributed by atoms with Crippen molar-refractivity contribution in [1.29, 1.82) is 0 Å². The highest BCUT2D eigenvalue weighted by Crippen LogP contribution is 2.40. The number of hydrogen-bond donors (Lipinski definition) is 0. The first-order valence-electron chi connectivity index (χ1n) is 10.0. The predicted octanol–water partition coefficient (Wildman–Crippen LogP) is 5.03. The monoisotopic (exact) mass is 479 g/mol. The molecule has 5 nitrogen and oxygen atoms in total. The molecular weight excluding hydrogens is 458 g/mol. The second-order valence-electron chi connectivity index (χ2n) is 7.09. The van der Waals surface area contributed by atoms with E-state index in [-0.39, 0.29) is 4.83 Å². The van der Waals surface area contributed by atoms with Gasteiger partial charge in [0.05, 0.1) is 11.4 Å². The third-order valence-electron chi connectivity index (χ3n) is 5.09. The van der Waals surface area contributed by atoms with E-state index in [0.717, 1.165) is 29.3 Å². The Kier molecular flexibility index (Phi) is 6.79. The number of oxime groups is 1. The summed E-state index contributed by atoms with van der Waals surface area (Å²) in [6, 6.07) is 29.4. The van der Waals surface area contributed by atoms with Crippen LogP contribution in [-0.4, -0.2) is 29.9 Å². The Morgan fingerprint density at radius 3 is 1.81 bits per heavy atom. The van der Waals surface area contributed by atoms with Crippen LogP contribution < -0.4 is 0 Å². The van der Waals surface area contributed by atoms with Crippen molar-refractivity contribution in [2.24, 2.45) is 5.16 Å². The van der Waals surface area contributed by atoms with E-state index in [1.807, 2.05) is 91.0 Å². The Balaban J connectivity index is 1.69. The van der Waals surface area contributed by atoms with Gasteiger partial charge in [-0.05, 0) is 6.42 Å². The summed E-state index contributed by atoms with van der Waals surface area (Å²) >= 11 is 3.45. The second kappa shape index (κ2) is 9.90. The van der Waals surface area contributed by atoms with E-state index in [0.29, 0.717) is 6.61 Å². The molecule has 1 fully saturated rings. The highest BCUT2D eigenvalue weighted by molar-refractivity contribution is 9.09. The van der Waals surface area contributed by atoms with Gasteiger partial charge < -0.3 is 14.3 Å². The van der Waals surface area contributed by atoms with Crippen LogP contribution in [0.4, 0.5) is 0 Å². The number of hydrogen-bond acceptors (Lipinski definition) is 5. The van der Waals surface area contributed by atoms with Crippen LogP contribution in [0.25, 0.3) is 0 Å². The third-order valence-corrected chi connectivity index (χ3v) is 5.98. The Labute approximate surface area is 189 Å². The van der Waals surface area contributed by atoms with Crippen LogP contribution >= 0.6 is 15.9 Å². The zero-order chi connectivity index (χ0) is 21.5. The maximum atomic E-state index is 12.3. The maximum absolute atomic E-state index is 12.3. The van der Waals surface area contributed by atoms with Crippen LogP contribution in [0.1, 0.15) is 23.1 Å². The molecule has 1 unspecified atom stereocenters. The molecule has 0 saturated carbocycles. The molecule has 31 heavy (non-hydrogen) atoms. The van der Waals surface area contributed by atoms with Gasteiger partial charge in [0.2, 0.25) is 11.9 Å². The summed E-state index contributed by atoms with van der Waals surface area (Å²) in [4.78, 5) is 18.4. The molecule has 3 aromatic rings. The van der Waals surface area contributed by atoms with E-state index in [1.54, 1.807) is 0 Å². The fourth-order valence-electron chi connectivity index (χ4n) is 3.62. The number of ether oxygens (including phenoxy) is 2. The lowest BCUT2D eigenvalue weighted by molar-refractivity contribution is -0.160. The van der Waals surface area contributed by atoms with Crippen LogP contribution in [-0.2, 0) is 24.7 Å². The summed E-state index contributed by atoms with van der Waals surface area (Å²) < 4.78 is 10.7. The molecule has 6 heteroatoms. The van der Waals surface area contributed by atoms with Crippen molar-refractivity contribution in [2.75, 3.05) is 6.61 Å². The zero-order valence-electron chi connectivity index (χ0n) is 16.8. The predicted molar refractivity (Wildman–Crippen MR) is 122 cm³/mol. The lowest BCUT2D eigenvalue weighted by Gasteiger charge is -2.33. The molecule has 1 saturated heterocycles. The molecule has 2 atom stereocenters. The molecule has 0 spiro atoms. The first-order chi connectivity index (χ1) is 15.2. The van der Waals surface area contributed by atoms with E-state index in [2.05, 4.69) is 21.1 Å². The van der Waals surface area contributed by atoms with E-state index in [9.17, 15) is 4.79 Å². The number of rotatable bonds is 7. The molecule has 1 aliphatic rings. The molecule has 0 N–H and O–H groups in total. The van der Waals surface area contributed by atoms with Gasteiger partial charge in [0.25, 0.3) is 0 Å². The largest absolute Gasteiger partial charge is 0.430 e. The molecular formula is C25H22BrNO4. The van der Waals surface area contributed by atoms with Gasteiger partial charge in [-0.1, -0.05) is 112 Å². The van der Waals surface area contributed by atoms with Crippen LogP contribution in [0.3, 0.4) is 0 Å². The smallest absolute Gasteiger partial charge is 0.355 e. The van der Waals surface area contributed by atoms with Gasteiger partial charge in [-0.15, -0.1) is 0 Å². The molecule has 0 bridgehead atoms. The summed E-state index contributed by atoms with van der Waals surface area (Å²) in [6.07, 6.45) is 1.21. The maximum Gasteiger partial charge on any atom is 0.355 e. The van der Waals surface area contributed by atoms with Gasteiger partial charge >= 0.3 is 5.97 Å². The first kappa shape index (κ1) is 21.3. The number of alkyl halides is 1. The average molecular weight is 480 g/mol. The van der Waals surface area contributed by atoms with Crippen LogP contribution in [0.15, 0.2) is 96.2 Å². The van der Waals surface area contributed by atoms with Crippen LogP contribution in [0.2, 0.25) is 0 Å². The SMILES string of the molecule is O=C(/C=N/OC(c1ccccc1)(c1ccccc1)c1ccccc1)OC1OCC[C@H]1Br. The molecule has 4 rings (SSSR count). The third kappa shape index (κ3) is 4.70. The van der Waals surface area contributed by atoms with Crippen molar-refractivity contribution in [3.8, 4) is 0 Å². The molecule has 0 amide bonds. The van der Waals surface area contributed by atoms with E-state index < -0.39 is 17.9 Å². The van der Waals surface area contributed by atoms with E-state index in [1.165, 1.54) is 0 Å². The summed E-state index contributed by atoms with van der Waals surface area (Å²) in [5.41, 5.74) is 1.62. The topological polar surface area (TPSA) is 57.1 Å². The minimum atomic E-state index is -1.04. The Hall–Kier alpha value is -2.96. The van der Waals surface area contributed by atoms with Crippen molar-refractivity contribution in [3.05, 3.63) is 108 Å². The van der Waals surface area contributed by atoms with E-state index >= 15 is 0 Å². The number of esters is 1. The number of carbonyl (C=O) groups is 1. The average Bonchev–Trinajstić information content (AvgIpc) is 3.23. The molecule has 1 heterocycles. The first-order valence-corrected chi connectivity index (χ1v) is 11.0. The standard InChI is InChI=1S/C25H22BrNO4/c26-22-16-17-29-24(22)30-23(28)18-27-31-25(19-10-4-1-5-11-19,20-12-6-2-7-13-20)21-14-8-3-9-15-21/h1-15,18,22,24H,16-17H2/b27-18+/t22-,24?/m1/s1. The van der Waals surface area contributed by atoms with Gasteiger partial charge in [0.15, 0.2) is 6.21 Å². The number of carbonyl (C=O) groups excluding carboxylic acids is 1. The highest BCUT2D eigenvalue weighted by Gasteiger charge is 2.39. The molecule has 0 aromatic heterocycles. The molecule has 0 radical (unpaired) electrons. The zero-order valence-corrected chi connectivity index (χ0v) is 18.4. The van der Waals surface area contributed by atoms with Crippen molar-refractivity contribution < 1.29 is 19.1 Å². The van der Waals surface area contributed by atoms with Gasteiger partial charge in [0.1, 0.15) is 0 Å². The fourth-order valence-corrected chi connectivity index (χ4v) is 4.06. The minimum Gasteiger partial charge on any atom is -0.430 e. The summed E-state index contributed by atoms with van der Waals surface area (Å²) in [5.74, 6) is -0.626. The molecule has 1 aliphatic heterocycles. The van der Waals surface area contributed by atoms with E-state index in [4.69, 9.17) is 14.3 Å². The van der Waals surface area contributed by atoms with Crippen molar-refractivity contribution in [1.82, 2.24) is 0 Å². The number of halogens is 1. The van der Waals surface area contributed by atoms with Gasteiger partial charge in [0, 0.05) is 16.7 Å². The highest BCUT2D eigenvalue weighted by atomic mass is 79.9. The van der Waals surface area contributed by atoms with Crippen molar-refractivity contribution >= 4 is 28.1 Å². The molecule has 158 valence electrons. The lowest BCUT2D eigenvalue weighted by atomic mass is 9.80. The number of benzene rings is 3. The Morgan fingerprint density at radius 2 is 1.39 bits per heavy atom.